The van der Waals surface area contributed by atoms with Crippen LogP contribution in [0.15, 0.2) is 24.3 Å². The maximum Gasteiger partial charge on any atom is 0.303 e. The van der Waals surface area contributed by atoms with Crippen LogP contribution in [0.25, 0.3) is 5.69 Å². The number of likely N-dealkylation sites (tertiary alicyclic amines) is 1. The number of amides is 1. The average molecular weight is 371 g/mol. The van der Waals surface area contributed by atoms with Crippen molar-refractivity contribution in [2.45, 2.75) is 38.5 Å². The SMILES string of the molecule is O=C(O)CC1CCN(C(=O)c2nn(-c3ccc(F)cc3)c3c2CCC3)CC1. The molecule has 2 aromatic rings. The molecule has 0 saturated carbocycles. The fourth-order valence-corrected chi connectivity index (χ4v) is 4.14. The van der Waals surface area contributed by atoms with Crippen molar-refractivity contribution < 1.29 is 19.1 Å². The quantitative estimate of drug-likeness (QED) is 0.897. The topological polar surface area (TPSA) is 75.4 Å². The number of piperidine rings is 1. The summed E-state index contributed by atoms with van der Waals surface area (Å²) in [6.07, 6.45) is 4.24. The number of rotatable bonds is 4. The Balaban J connectivity index is 1.56. The van der Waals surface area contributed by atoms with E-state index in [2.05, 4.69) is 5.10 Å². The first-order valence-corrected chi connectivity index (χ1v) is 9.40. The van der Waals surface area contributed by atoms with Crippen LogP contribution in [0.1, 0.15) is 47.4 Å². The lowest BCUT2D eigenvalue weighted by Gasteiger charge is -2.31. The summed E-state index contributed by atoms with van der Waals surface area (Å²) < 4.78 is 15.0. The molecule has 1 aliphatic heterocycles. The highest BCUT2D eigenvalue weighted by Gasteiger charge is 2.31. The van der Waals surface area contributed by atoms with Gasteiger partial charge in [0.1, 0.15) is 5.82 Å². The van der Waals surface area contributed by atoms with E-state index < -0.39 is 5.97 Å². The third-order valence-corrected chi connectivity index (χ3v) is 5.57. The molecule has 2 aliphatic rings. The summed E-state index contributed by atoms with van der Waals surface area (Å²) in [5, 5.41) is 13.5. The number of fused-ring (bicyclic) bond motifs is 1. The molecule has 0 bridgehead atoms. The number of carbonyl (C=O) groups excluding carboxylic acids is 1. The van der Waals surface area contributed by atoms with Gasteiger partial charge in [-0.3, -0.25) is 9.59 Å². The Morgan fingerprint density at radius 3 is 2.52 bits per heavy atom. The number of carboxylic acids is 1. The number of carbonyl (C=O) groups is 2. The van der Waals surface area contributed by atoms with Crippen LogP contribution in [-0.2, 0) is 17.6 Å². The van der Waals surface area contributed by atoms with Crippen molar-refractivity contribution in [3.05, 3.63) is 47.0 Å². The van der Waals surface area contributed by atoms with E-state index in [1.54, 1.807) is 21.7 Å². The van der Waals surface area contributed by atoms with Crippen LogP contribution in [0.4, 0.5) is 4.39 Å². The lowest BCUT2D eigenvalue weighted by Crippen LogP contribution is -2.39. The van der Waals surface area contributed by atoms with Crippen LogP contribution in [0.2, 0.25) is 0 Å². The fraction of sp³-hybridized carbons (Fsp3) is 0.450. The second-order valence-electron chi connectivity index (χ2n) is 7.35. The summed E-state index contributed by atoms with van der Waals surface area (Å²) in [5.74, 6) is -1.03. The largest absolute Gasteiger partial charge is 0.481 e. The van der Waals surface area contributed by atoms with Crippen molar-refractivity contribution in [2.24, 2.45) is 5.92 Å². The lowest BCUT2D eigenvalue weighted by atomic mass is 9.93. The molecule has 1 aromatic carbocycles. The predicted molar refractivity (Wildman–Crippen MR) is 96.4 cm³/mol. The minimum absolute atomic E-state index is 0.0808. The van der Waals surface area contributed by atoms with Gasteiger partial charge in [-0.15, -0.1) is 0 Å². The zero-order valence-electron chi connectivity index (χ0n) is 15.0. The standard InChI is InChI=1S/C20H22FN3O3/c21-14-4-6-15(7-5-14)24-17-3-1-2-16(17)19(22-24)20(27)23-10-8-13(9-11-23)12-18(25)26/h4-7,13H,1-3,8-12H2,(H,25,26). The highest BCUT2D eigenvalue weighted by molar-refractivity contribution is 5.94. The minimum atomic E-state index is -0.782. The van der Waals surface area contributed by atoms with E-state index in [1.807, 2.05) is 0 Å². The van der Waals surface area contributed by atoms with Crippen molar-refractivity contribution in [3.8, 4) is 5.69 Å². The number of hydrogen-bond acceptors (Lipinski definition) is 3. The molecule has 142 valence electrons. The van der Waals surface area contributed by atoms with Gasteiger partial charge < -0.3 is 10.0 Å². The zero-order chi connectivity index (χ0) is 19.0. The Hall–Kier alpha value is -2.70. The van der Waals surface area contributed by atoms with Gasteiger partial charge in [-0.05, 0) is 62.3 Å². The van der Waals surface area contributed by atoms with Crippen molar-refractivity contribution in [1.29, 1.82) is 0 Å². The minimum Gasteiger partial charge on any atom is -0.481 e. The Morgan fingerprint density at radius 2 is 1.85 bits per heavy atom. The molecule has 0 atom stereocenters. The van der Waals surface area contributed by atoms with Crippen molar-refractivity contribution >= 4 is 11.9 Å². The zero-order valence-corrected chi connectivity index (χ0v) is 15.0. The van der Waals surface area contributed by atoms with Crippen LogP contribution in [0.3, 0.4) is 0 Å². The highest BCUT2D eigenvalue weighted by atomic mass is 19.1. The summed E-state index contributed by atoms with van der Waals surface area (Å²) >= 11 is 0. The number of nitrogens with zero attached hydrogens (tertiary/aromatic N) is 3. The van der Waals surface area contributed by atoms with Crippen LogP contribution in [0.5, 0.6) is 0 Å². The summed E-state index contributed by atoms with van der Waals surface area (Å²) in [6.45, 7) is 1.13. The first-order chi connectivity index (χ1) is 13.0. The van der Waals surface area contributed by atoms with Crippen LogP contribution >= 0.6 is 0 Å². The number of aromatic nitrogens is 2. The summed E-state index contributed by atoms with van der Waals surface area (Å²) in [6, 6.07) is 6.14. The van der Waals surface area contributed by atoms with Gasteiger partial charge in [-0.25, -0.2) is 9.07 Å². The van der Waals surface area contributed by atoms with Gasteiger partial charge in [0, 0.05) is 30.8 Å². The fourth-order valence-electron chi connectivity index (χ4n) is 4.14. The number of aliphatic carboxylic acids is 1. The van der Waals surface area contributed by atoms with Gasteiger partial charge in [0.15, 0.2) is 5.69 Å². The van der Waals surface area contributed by atoms with Crippen molar-refractivity contribution in [2.75, 3.05) is 13.1 Å². The molecule has 0 spiro atoms. The summed E-state index contributed by atoms with van der Waals surface area (Å²) in [4.78, 5) is 25.7. The molecule has 0 unspecified atom stereocenters. The predicted octanol–water partition coefficient (Wildman–Crippen LogP) is 2.83. The average Bonchev–Trinajstić information content (AvgIpc) is 3.25. The van der Waals surface area contributed by atoms with E-state index in [9.17, 15) is 14.0 Å². The Morgan fingerprint density at radius 1 is 1.15 bits per heavy atom. The molecular weight excluding hydrogens is 349 g/mol. The number of benzene rings is 1. The van der Waals surface area contributed by atoms with E-state index in [1.165, 1.54) is 12.1 Å². The van der Waals surface area contributed by atoms with E-state index in [0.717, 1.165) is 36.2 Å². The normalized spacial score (nSPS) is 17.1. The molecule has 27 heavy (non-hydrogen) atoms. The highest BCUT2D eigenvalue weighted by Crippen LogP contribution is 2.30. The monoisotopic (exact) mass is 371 g/mol. The maximum atomic E-state index is 13.2. The molecule has 1 N–H and O–H groups in total. The lowest BCUT2D eigenvalue weighted by molar-refractivity contribution is -0.138. The number of hydrogen-bond donors (Lipinski definition) is 1. The van der Waals surface area contributed by atoms with Gasteiger partial charge in [-0.1, -0.05) is 0 Å². The molecule has 7 heteroatoms. The van der Waals surface area contributed by atoms with Gasteiger partial charge >= 0.3 is 5.97 Å². The maximum absolute atomic E-state index is 13.2. The van der Waals surface area contributed by atoms with Crippen LogP contribution in [0, 0.1) is 11.7 Å². The van der Waals surface area contributed by atoms with Crippen molar-refractivity contribution in [3.63, 3.8) is 0 Å². The summed E-state index contributed by atoms with van der Waals surface area (Å²) in [5.41, 5.74) is 3.28. The first-order valence-electron chi connectivity index (χ1n) is 9.40. The number of carboxylic acid groups (broad SMARTS) is 1. The molecular formula is C20H22FN3O3. The Bertz CT molecular complexity index is 867. The molecule has 4 rings (SSSR count). The van der Waals surface area contributed by atoms with Crippen LogP contribution in [-0.4, -0.2) is 44.8 Å². The second-order valence-corrected chi connectivity index (χ2v) is 7.35. The van der Waals surface area contributed by atoms with Gasteiger partial charge in [0.25, 0.3) is 5.91 Å². The molecule has 1 aliphatic carbocycles. The van der Waals surface area contributed by atoms with E-state index in [4.69, 9.17) is 5.11 Å². The van der Waals surface area contributed by atoms with Gasteiger partial charge in [-0.2, -0.15) is 5.10 Å². The Kier molecular flexibility index (Phi) is 4.68. The van der Waals surface area contributed by atoms with E-state index >= 15 is 0 Å². The summed E-state index contributed by atoms with van der Waals surface area (Å²) in [7, 11) is 0. The second kappa shape index (κ2) is 7.13. The molecule has 6 nitrogen and oxygen atoms in total. The van der Waals surface area contributed by atoms with Crippen molar-refractivity contribution in [1.82, 2.24) is 14.7 Å². The van der Waals surface area contributed by atoms with Gasteiger partial charge in [0.05, 0.1) is 5.69 Å². The van der Waals surface area contributed by atoms with E-state index in [0.29, 0.717) is 31.6 Å². The van der Waals surface area contributed by atoms with E-state index in [-0.39, 0.29) is 24.1 Å². The van der Waals surface area contributed by atoms with Gasteiger partial charge in [0.2, 0.25) is 0 Å². The first kappa shape index (κ1) is 17.7. The molecule has 1 amide bonds. The Labute approximate surface area is 156 Å². The van der Waals surface area contributed by atoms with Crippen LogP contribution < -0.4 is 0 Å². The third kappa shape index (κ3) is 3.46. The molecule has 1 saturated heterocycles. The smallest absolute Gasteiger partial charge is 0.303 e. The molecule has 0 radical (unpaired) electrons. The third-order valence-electron chi connectivity index (χ3n) is 5.57. The molecule has 1 fully saturated rings. The molecule has 1 aromatic heterocycles. The molecule has 2 heterocycles. The number of halogens is 1.